The summed E-state index contributed by atoms with van der Waals surface area (Å²) in [5.74, 6) is 1.85. The third kappa shape index (κ3) is 5.94. The van der Waals surface area contributed by atoms with Crippen LogP contribution in [0.4, 0.5) is 17.1 Å². The monoisotopic (exact) mass is 742 g/mol. The maximum absolute atomic E-state index is 6.65. The predicted octanol–water partition coefficient (Wildman–Crippen LogP) is 14.2. The zero-order valence-electron chi connectivity index (χ0n) is 31.3. The minimum Gasteiger partial charge on any atom is -0.455 e. The Labute approximate surface area is 335 Å². The molecule has 0 aliphatic heterocycles. The lowest BCUT2D eigenvalue weighted by atomic mass is 9.94. The van der Waals surface area contributed by atoms with Gasteiger partial charge in [-0.2, -0.15) is 0 Å². The van der Waals surface area contributed by atoms with E-state index in [2.05, 4.69) is 138 Å². The molecule has 0 radical (unpaired) electrons. The van der Waals surface area contributed by atoms with Crippen molar-refractivity contribution >= 4 is 60.5 Å². The van der Waals surface area contributed by atoms with Gasteiger partial charge in [-0.05, 0) is 81.9 Å². The van der Waals surface area contributed by atoms with Crippen molar-refractivity contribution in [3.63, 3.8) is 0 Å². The number of rotatable bonds is 7. The smallest absolute Gasteiger partial charge is 0.164 e. The van der Waals surface area contributed by atoms with Crippen molar-refractivity contribution in [1.29, 1.82) is 0 Å². The summed E-state index contributed by atoms with van der Waals surface area (Å²) in [6, 6.07) is 71.8. The van der Waals surface area contributed by atoms with Gasteiger partial charge in [0.05, 0.1) is 0 Å². The quantitative estimate of drug-likeness (QED) is 0.163. The fraction of sp³-hybridized carbons (Fsp3) is 0. The van der Waals surface area contributed by atoms with Crippen molar-refractivity contribution in [2.24, 2.45) is 0 Å². The van der Waals surface area contributed by atoms with Gasteiger partial charge in [0, 0.05) is 49.9 Å². The van der Waals surface area contributed by atoms with Gasteiger partial charge in [0.1, 0.15) is 11.2 Å². The fourth-order valence-electron chi connectivity index (χ4n) is 8.04. The second-order valence-corrected chi connectivity index (χ2v) is 14.4. The number of hydrogen-bond acceptors (Lipinski definition) is 5. The minimum absolute atomic E-state index is 0.600. The van der Waals surface area contributed by atoms with Gasteiger partial charge in [-0.3, -0.25) is 0 Å². The highest BCUT2D eigenvalue weighted by molar-refractivity contribution is 6.19. The summed E-state index contributed by atoms with van der Waals surface area (Å²) in [6.07, 6.45) is 0. The lowest BCUT2D eigenvalue weighted by molar-refractivity contribution is 0.672. The molecule has 2 aromatic heterocycles. The first-order valence-corrected chi connectivity index (χ1v) is 19.4. The summed E-state index contributed by atoms with van der Waals surface area (Å²) < 4.78 is 6.65. The standard InChI is InChI=1S/C53H34N4O/c1-4-15-37(16-5-1)51-54-52(38-17-6-2-7-18-38)56-53(55-51)40-27-31-44-46(34-48-45-22-12-13-23-49(45)58-50(48)47(44)33-40)36-25-28-42(29-26-36)57(41-20-8-3-9-21-41)43-30-24-35-14-10-11-19-39(35)32-43/h1-34H. The van der Waals surface area contributed by atoms with Crippen LogP contribution < -0.4 is 4.90 Å². The Morgan fingerprint density at radius 2 is 0.862 bits per heavy atom. The van der Waals surface area contributed by atoms with Gasteiger partial charge in [0.15, 0.2) is 17.5 Å². The molecule has 0 saturated carbocycles. The summed E-state index contributed by atoms with van der Waals surface area (Å²) >= 11 is 0. The molecule has 11 aromatic rings. The average Bonchev–Trinajstić information content (AvgIpc) is 3.69. The lowest BCUT2D eigenvalue weighted by Gasteiger charge is -2.26. The zero-order chi connectivity index (χ0) is 38.4. The zero-order valence-corrected chi connectivity index (χ0v) is 31.3. The van der Waals surface area contributed by atoms with Gasteiger partial charge in [0.2, 0.25) is 0 Å². The van der Waals surface area contributed by atoms with Crippen LogP contribution in [0.25, 0.3) is 88.8 Å². The van der Waals surface area contributed by atoms with Gasteiger partial charge in [-0.1, -0.05) is 152 Å². The van der Waals surface area contributed by atoms with Crippen molar-refractivity contribution in [3.8, 4) is 45.3 Å². The van der Waals surface area contributed by atoms with Crippen molar-refractivity contribution < 1.29 is 4.42 Å². The molecule has 5 heteroatoms. The van der Waals surface area contributed by atoms with E-state index >= 15 is 0 Å². The summed E-state index contributed by atoms with van der Waals surface area (Å²) in [4.78, 5) is 17.3. The maximum atomic E-state index is 6.65. The molecule has 0 unspecified atom stereocenters. The number of aromatic nitrogens is 3. The van der Waals surface area contributed by atoms with Crippen molar-refractivity contribution in [3.05, 3.63) is 206 Å². The van der Waals surface area contributed by atoms with Gasteiger partial charge >= 0.3 is 0 Å². The number of furan rings is 1. The topological polar surface area (TPSA) is 55.1 Å². The molecular formula is C53H34N4O. The number of nitrogens with zero attached hydrogens (tertiary/aromatic N) is 4. The van der Waals surface area contributed by atoms with Gasteiger partial charge in [-0.25, -0.2) is 15.0 Å². The first-order valence-electron chi connectivity index (χ1n) is 19.4. The summed E-state index contributed by atoms with van der Waals surface area (Å²) in [7, 11) is 0. The highest BCUT2D eigenvalue weighted by Crippen LogP contribution is 2.43. The SMILES string of the molecule is c1ccc(-c2nc(-c3ccccc3)nc(-c3ccc4c(-c5ccc(N(c6ccccc6)c6ccc7ccccc7c6)cc5)cc5c6ccccc6oc5c4c3)n2)cc1. The minimum atomic E-state index is 0.600. The molecule has 0 amide bonds. The fourth-order valence-corrected chi connectivity index (χ4v) is 8.04. The maximum Gasteiger partial charge on any atom is 0.164 e. The van der Waals surface area contributed by atoms with Crippen LogP contribution in [0.3, 0.4) is 0 Å². The summed E-state index contributed by atoms with van der Waals surface area (Å²) in [5.41, 5.74) is 9.94. The molecule has 0 spiro atoms. The molecule has 11 rings (SSSR count). The molecule has 0 atom stereocenters. The molecule has 5 nitrogen and oxygen atoms in total. The first-order chi connectivity index (χ1) is 28.7. The lowest BCUT2D eigenvalue weighted by Crippen LogP contribution is -2.09. The van der Waals surface area contributed by atoms with E-state index in [-0.39, 0.29) is 0 Å². The largest absolute Gasteiger partial charge is 0.455 e. The van der Waals surface area contributed by atoms with E-state index in [1.54, 1.807) is 0 Å². The summed E-state index contributed by atoms with van der Waals surface area (Å²) in [5, 5.41) is 6.64. The number of para-hydroxylation sites is 2. The van der Waals surface area contributed by atoms with E-state index in [1.807, 2.05) is 72.8 Å². The molecule has 0 N–H and O–H groups in total. The third-order valence-corrected chi connectivity index (χ3v) is 10.9. The van der Waals surface area contributed by atoms with Crippen molar-refractivity contribution in [2.45, 2.75) is 0 Å². The molecule has 9 aromatic carbocycles. The molecule has 0 bridgehead atoms. The number of fused-ring (bicyclic) bond motifs is 6. The molecule has 0 aliphatic carbocycles. The number of benzene rings is 9. The van der Waals surface area contributed by atoms with Gasteiger partial charge in [0.25, 0.3) is 0 Å². The van der Waals surface area contributed by atoms with E-state index in [9.17, 15) is 0 Å². The third-order valence-electron chi connectivity index (χ3n) is 10.9. The normalized spacial score (nSPS) is 11.4. The van der Waals surface area contributed by atoms with Crippen LogP contribution in [0.5, 0.6) is 0 Å². The molecular weight excluding hydrogens is 709 g/mol. The predicted molar refractivity (Wildman–Crippen MR) is 239 cm³/mol. The average molecular weight is 743 g/mol. The Kier molecular flexibility index (Phi) is 8.07. The van der Waals surface area contributed by atoms with Crippen LogP contribution >= 0.6 is 0 Å². The first kappa shape index (κ1) is 33.4. The number of anilines is 3. The molecule has 0 aliphatic rings. The van der Waals surface area contributed by atoms with E-state index in [0.717, 1.165) is 77.6 Å². The van der Waals surface area contributed by atoms with Crippen LogP contribution in [-0.2, 0) is 0 Å². The Balaban J connectivity index is 1.07. The second kappa shape index (κ2) is 14.0. The Morgan fingerprint density at radius 1 is 0.328 bits per heavy atom. The molecule has 0 fully saturated rings. The number of hydrogen-bond donors (Lipinski definition) is 0. The van der Waals surface area contributed by atoms with E-state index in [0.29, 0.717) is 17.5 Å². The van der Waals surface area contributed by atoms with Crippen LogP contribution in [0.1, 0.15) is 0 Å². The van der Waals surface area contributed by atoms with Crippen LogP contribution in [-0.4, -0.2) is 15.0 Å². The van der Waals surface area contributed by atoms with Crippen molar-refractivity contribution in [1.82, 2.24) is 15.0 Å². The van der Waals surface area contributed by atoms with Crippen molar-refractivity contribution in [2.75, 3.05) is 4.90 Å². The Morgan fingerprint density at radius 3 is 1.57 bits per heavy atom. The molecule has 272 valence electrons. The van der Waals surface area contributed by atoms with E-state index in [1.165, 1.54) is 10.8 Å². The van der Waals surface area contributed by atoms with Gasteiger partial charge in [-0.15, -0.1) is 0 Å². The van der Waals surface area contributed by atoms with Crippen LogP contribution in [0.15, 0.2) is 211 Å². The Hall–Kier alpha value is -7.89. The molecule has 2 heterocycles. The van der Waals surface area contributed by atoms with Gasteiger partial charge < -0.3 is 9.32 Å². The van der Waals surface area contributed by atoms with E-state index in [4.69, 9.17) is 19.4 Å². The van der Waals surface area contributed by atoms with Crippen LogP contribution in [0, 0.1) is 0 Å². The highest BCUT2D eigenvalue weighted by Gasteiger charge is 2.19. The Bertz CT molecular complexity index is 3210. The highest BCUT2D eigenvalue weighted by atomic mass is 16.3. The molecule has 58 heavy (non-hydrogen) atoms. The second-order valence-electron chi connectivity index (χ2n) is 14.4. The van der Waals surface area contributed by atoms with E-state index < -0.39 is 0 Å². The van der Waals surface area contributed by atoms with Crippen LogP contribution in [0.2, 0.25) is 0 Å². The summed E-state index contributed by atoms with van der Waals surface area (Å²) in [6.45, 7) is 0. The molecule has 0 saturated heterocycles.